The SMILES string of the molecule is O=C(NCCCOc1ccccc1Cl)Nc1cccc(F)c1. The monoisotopic (exact) mass is 322 g/mol. The fourth-order valence-electron chi connectivity index (χ4n) is 1.76. The Balaban J connectivity index is 1.64. The Bertz CT molecular complexity index is 637. The number of ether oxygens (including phenoxy) is 1. The smallest absolute Gasteiger partial charge is 0.319 e. The number of hydrogen-bond acceptors (Lipinski definition) is 2. The zero-order valence-corrected chi connectivity index (χ0v) is 12.6. The Kier molecular flexibility index (Phi) is 6.03. The number of urea groups is 1. The maximum atomic E-state index is 13.0. The second kappa shape index (κ2) is 8.24. The van der Waals surface area contributed by atoms with E-state index in [-0.39, 0.29) is 6.03 Å². The molecule has 0 aliphatic heterocycles. The largest absolute Gasteiger partial charge is 0.492 e. The summed E-state index contributed by atoms with van der Waals surface area (Å²) in [6.45, 7) is 0.871. The number of carbonyl (C=O) groups excluding carboxylic acids is 1. The predicted octanol–water partition coefficient (Wildman–Crippen LogP) is 4.07. The highest BCUT2D eigenvalue weighted by atomic mass is 35.5. The summed E-state index contributed by atoms with van der Waals surface area (Å²) in [5, 5.41) is 5.77. The Hall–Kier alpha value is -2.27. The van der Waals surface area contributed by atoms with E-state index in [9.17, 15) is 9.18 Å². The van der Waals surface area contributed by atoms with Gasteiger partial charge in [-0.1, -0.05) is 29.8 Å². The summed E-state index contributed by atoms with van der Waals surface area (Å²) in [6.07, 6.45) is 0.627. The molecule has 0 bridgehead atoms. The number of rotatable bonds is 6. The van der Waals surface area contributed by atoms with E-state index >= 15 is 0 Å². The van der Waals surface area contributed by atoms with Crippen LogP contribution in [0.25, 0.3) is 0 Å². The predicted molar refractivity (Wildman–Crippen MR) is 85.0 cm³/mol. The zero-order chi connectivity index (χ0) is 15.8. The molecule has 0 aromatic heterocycles. The maximum absolute atomic E-state index is 13.0. The van der Waals surface area contributed by atoms with Crippen LogP contribution in [0.3, 0.4) is 0 Å². The molecule has 0 aliphatic carbocycles. The average Bonchev–Trinajstić information content (AvgIpc) is 2.48. The number of anilines is 1. The fraction of sp³-hybridized carbons (Fsp3) is 0.188. The first-order valence-corrected chi connectivity index (χ1v) is 7.21. The van der Waals surface area contributed by atoms with Crippen molar-refractivity contribution >= 4 is 23.3 Å². The summed E-state index contributed by atoms with van der Waals surface area (Å²) in [6, 6.07) is 12.5. The van der Waals surface area contributed by atoms with Crippen molar-refractivity contribution in [3.8, 4) is 5.75 Å². The molecule has 2 amide bonds. The standard InChI is InChI=1S/C16H16ClFN2O2/c17-14-7-1-2-8-15(14)22-10-4-9-19-16(21)20-13-6-3-5-12(18)11-13/h1-3,5-8,11H,4,9-10H2,(H2,19,20,21). The highest BCUT2D eigenvalue weighted by Crippen LogP contribution is 2.22. The Labute approximate surface area is 133 Å². The number of halogens is 2. The number of amides is 2. The van der Waals surface area contributed by atoms with Crippen LogP contribution in [-0.4, -0.2) is 19.2 Å². The lowest BCUT2D eigenvalue weighted by atomic mass is 10.3. The number of carbonyl (C=O) groups is 1. The molecule has 0 spiro atoms. The van der Waals surface area contributed by atoms with Crippen LogP contribution in [0, 0.1) is 5.82 Å². The maximum Gasteiger partial charge on any atom is 0.319 e. The first-order valence-electron chi connectivity index (χ1n) is 6.83. The van der Waals surface area contributed by atoms with Crippen molar-refractivity contribution in [3.63, 3.8) is 0 Å². The van der Waals surface area contributed by atoms with Gasteiger partial charge in [0.05, 0.1) is 11.6 Å². The van der Waals surface area contributed by atoms with Gasteiger partial charge in [-0.3, -0.25) is 0 Å². The molecule has 0 atom stereocenters. The third kappa shape index (κ3) is 5.26. The second-order valence-corrected chi connectivity index (χ2v) is 4.93. The Morgan fingerprint density at radius 2 is 2.00 bits per heavy atom. The molecule has 6 heteroatoms. The van der Waals surface area contributed by atoms with E-state index < -0.39 is 5.82 Å². The van der Waals surface area contributed by atoms with Gasteiger partial charge < -0.3 is 15.4 Å². The van der Waals surface area contributed by atoms with Gasteiger partial charge in [0, 0.05) is 12.2 Å². The number of hydrogen-bond donors (Lipinski definition) is 2. The number of benzene rings is 2. The van der Waals surface area contributed by atoms with Crippen LogP contribution in [0.4, 0.5) is 14.9 Å². The fourth-order valence-corrected chi connectivity index (χ4v) is 1.95. The summed E-state index contributed by atoms with van der Waals surface area (Å²) in [5.74, 6) is 0.222. The van der Waals surface area contributed by atoms with E-state index in [0.29, 0.717) is 36.0 Å². The van der Waals surface area contributed by atoms with Crippen LogP contribution in [-0.2, 0) is 0 Å². The molecule has 116 valence electrons. The van der Waals surface area contributed by atoms with E-state index in [1.807, 2.05) is 12.1 Å². The van der Waals surface area contributed by atoms with Crippen molar-refractivity contribution in [1.29, 1.82) is 0 Å². The zero-order valence-electron chi connectivity index (χ0n) is 11.8. The van der Waals surface area contributed by atoms with Crippen molar-refractivity contribution in [2.24, 2.45) is 0 Å². The van der Waals surface area contributed by atoms with Gasteiger partial charge in [0.25, 0.3) is 0 Å². The lowest BCUT2D eigenvalue weighted by Crippen LogP contribution is -2.30. The molecule has 2 N–H and O–H groups in total. The van der Waals surface area contributed by atoms with Crippen LogP contribution in [0.15, 0.2) is 48.5 Å². The molecule has 0 heterocycles. The van der Waals surface area contributed by atoms with Gasteiger partial charge in [0.2, 0.25) is 0 Å². The van der Waals surface area contributed by atoms with Crippen LogP contribution >= 0.6 is 11.6 Å². The minimum atomic E-state index is -0.397. The summed E-state index contributed by atoms with van der Waals surface area (Å²) >= 11 is 5.96. The first kappa shape index (κ1) is 16.1. The molecule has 22 heavy (non-hydrogen) atoms. The van der Waals surface area contributed by atoms with E-state index in [2.05, 4.69) is 10.6 Å². The number of nitrogens with one attached hydrogen (secondary N) is 2. The highest BCUT2D eigenvalue weighted by Gasteiger charge is 2.02. The molecule has 0 radical (unpaired) electrons. The van der Waals surface area contributed by atoms with Crippen LogP contribution < -0.4 is 15.4 Å². The summed E-state index contributed by atoms with van der Waals surface area (Å²) in [4.78, 5) is 11.6. The van der Waals surface area contributed by atoms with E-state index in [1.54, 1.807) is 18.2 Å². The second-order valence-electron chi connectivity index (χ2n) is 4.52. The normalized spacial score (nSPS) is 10.1. The molecule has 0 saturated heterocycles. The van der Waals surface area contributed by atoms with Crippen molar-refractivity contribution < 1.29 is 13.9 Å². The average molecular weight is 323 g/mol. The van der Waals surface area contributed by atoms with Crippen LogP contribution in [0.5, 0.6) is 5.75 Å². The molecular weight excluding hydrogens is 307 g/mol. The molecule has 4 nitrogen and oxygen atoms in total. The number of para-hydroxylation sites is 1. The van der Waals surface area contributed by atoms with Gasteiger partial charge in [-0.15, -0.1) is 0 Å². The van der Waals surface area contributed by atoms with Crippen molar-refractivity contribution in [3.05, 3.63) is 59.4 Å². The minimum Gasteiger partial charge on any atom is -0.492 e. The summed E-state index contributed by atoms with van der Waals surface area (Å²) < 4.78 is 18.5. The lowest BCUT2D eigenvalue weighted by Gasteiger charge is -2.09. The van der Waals surface area contributed by atoms with Crippen molar-refractivity contribution in [2.75, 3.05) is 18.5 Å². The lowest BCUT2D eigenvalue weighted by molar-refractivity contribution is 0.250. The first-order chi connectivity index (χ1) is 10.6. The van der Waals surface area contributed by atoms with Crippen LogP contribution in [0.2, 0.25) is 5.02 Å². The van der Waals surface area contributed by atoms with E-state index in [0.717, 1.165) is 0 Å². The quantitative estimate of drug-likeness (QED) is 0.788. The van der Waals surface area contributed by atoms with Gasteiger partial charge in [-0.2, -0.15) is 0 Å². The van der Waals surface area contributed by atoms with Gasteiger partial charge >= 0.3 is 6.03 Å². The highest BCUT2D eigenvalue weighted by molar-refractivity contribution is 6.32. The van der Waals surface area contributed by atoms with Crippen molar-refractivity contribution in [1.82, 2.24) is 5.32 Å². The Morgan fingerprint density at radius 3 is 2.77 bits per heavy atom. The van der Waals surface area contributed by atoms with Crippen molar-refractivity contribution in [2.45, 2.75) is 6.42 Å². The molecular formula is C16H16ClFN2O2. The van der Waals surface area contributed by atoms with Gasteiger partial charge in [-0.05, 0) is 36.8 Å². The summed E-state index contributed by atoms with van der Waals surface area (Å²) in [5.41, 5.74) is 0.407. The molecule has 0 saturated carbocycles. The minimum absolute atomic E-state index is 0.386. The molecule has 2 rings (SSSR count). The van der Waals surface area contributed by atoms with Gasteiger partial charge in [-0.25, -0.2) is 9.18 Å². The third-order valence-electron chi connectivity index (χ3n) is 2.78. The molecule has 2 aromatic carbocycles. The third-order valence-corrected chi connectivity index (χ3v) is 3.10. The van der Waals surface area contributed by atoms with E-state index in [1.165, 1.54) is 18.2 Å². The van der Waals surface area contributed by atoms with Crippen LogP contribution in [0.1, 0.15) is 6.42 Å². The molecule has 0 aliphatic rings. The topological polar surface area (TPSA) is 50.4 Å². The summed E-state index contributed by atoms with van der Waals surface area (Å²) in [7, 11) is 0. The molecule has 0 unspecified atom stereocenters. The Morgan fingerprint density at radius 1 is 1.18 bits per heavy atom. The van der Waals surface area contributed by atoms with Gasteiger partial charge in [0.1, 0.15) is 11.6 Å². The van der Waals surface area contributed by atoms with Gasteiger partial charge in [0.15, 0.2) is 0 Å². The molecule has 2 aromatic rings. The molecule has 0 fully saturated rings. The van der Waals surface area contributed by atoms with E-state index in [4.69, 9.17) is 16.3 Å².